The number of aromatic nitrogens is 2. The van der Waals surface area contributed by atoms with Crippen molar-refractivity contribution in [2.24, 2.45) is 16.7 Å². The highest BCUT2D eigenvalue weighted by Crippen LogP contribution is 2.45. The zero-order valence-corrected chi connectivity index (χ0v) is 44.7. The fourth-order valence-electron chi connectivity index (χ4n) is 13.8. The second-order valence-electron chi connectivity index (χ2n) is 23.8. The van der Waals surface area contributed by atoms with E-state index in [-0.39, 0.29) is 54.7 Å². The SMILES string of the molecule is CO[C@@H](C)c1ncc(N2CCN3CCOC[C@@H]3C2)cc1-c1c2c3cc(ccc3n1CC(F)(F)F)-c1cccc(c1)C[C@H](NC(=O)[C@H](C1CCCC1)N1CC[C@]3(CCNC3)C1)C(=O)N1CCC[C@H](N1)C(=O)OCC(C)(C)C2. The van der Waals surface area contributed by atoms with Gasteiger partial charge in [0.1, 0.15) is 18.6 Å². The molecule has 4 aromatic rings. The number of nitrogens with zero attached hydrogens (tertiary/aromatic N) is 6. The lowest BCUT2D eigenvalue weighted by Gasteiger charge is -2.44. The van der Waals surface area contributed by atoms with Crippen LogP contribution in [0.25, 0.3) is 33.3 Å². The number of amides is 2. The van der Waals surface area contributed by atoms with Gasteiger partial charge in [0.2, 0.25) is 5.91 Å². The van der Waals surface area contributed by atoms with Gasteiger partial charge in [0.05, 0.1) is 61.3 Å². The number of piperazine rings is 1. The van der Waals surface area contributed by atoms with E-state index >= 15 is 13.2 Å². The Labute approximate surface area is 444 Å². The Morgan fingerprint density at radius 2 is 1.82 bits per heavy atom. The monoisotopic (exact) mass is 1050 g/mol. The molecule has 2 aromatic carbocycles. The van der Waals surface area contributed by atoms with Crippen LogP contribution < -0.4 is 21.0 Å². The van der Waals surface area contributed by atoms with Crippen LogP contribution in [0.3, 0.4) is 0 Å². The van der Waals surface area contributed by atoms with Gasteiger partial charge in [-0.25, -0.2) is 5.43 Å². The Balaban J connectivity index is 1.01. The lowest BCUT2D eigenvalue weighted by Crippen LogP contribution is -2.62. The molecule has 6 bridgehead atoms. The lowest BCUT2D eigenvalue weighted by atomic mass is 9.84. The largest absolute Gasteiger partial charge is 0.464 e. The molecule has 8 heterocycles. The molecular formula is C58H76F3N9O6. The third-order valence-electron chi connectivity index (χ3n) is 17.8. The molecule has 11 rings (SSSR count). The number of fused-ring (bicyclic) bond motifs is 7. The Morgan fingerprint density at radius 3 is 2.61 bits per heavy atom. The van der Waals surface area contributed by atoms with E-state index in [1.807, 2.05) is 69.4 Å². The smallest absolute Gasteiger partial charge is 0.406 e. The molecule has 410 valence electrons. The molecule has 1 spiro atoms. The number of halogens is 3. The number of cyclic esters (lactones) is 1. The van der Waals surface area contributed by atoms with E-state index in [4.69, 9.17) is 19.2 Å². The summed E-state index contributed by atoms with van der Waals surface area (Å²) in [5.41, 5.74) is 8.30. The van der Waals surface area contributed by atoms with E-state index in [0.717, 1.165) is 107 Å². The molecule has 2 amide bonds. The van der Waals surface area contributed by atoms with Crippen LogP contribution in [0, 0.1) is 16.7 Å². The molecule has 6 fully saturated rings. The average molecular weight is 1050 g/mol. The minimum absolute atomic E-state index is 0.0481. The predicted molar refractivity (Wildman–Crippen MR) is 284 cm³/mol. The van der Waals surface area contributed by atoms with Gasteiger partial charge in [-0.2, -0.15) is 13.2 Å². The summed E-state index contributed by atoms with van der Waals surface area (Å²) in [6, 6.07) is 13.5. The molecule has 6 atom stereocenters. The summed E-state index contributed by atoms with van der Waals surface area (Å²) in [6.07, 6.45) is 4.24. The fourth-order valence-corrected chi connectivity index (χ4v) is 13.8. The maximum absolute atomic E-state index is 15.2. The maximum atomic E-state index is 15.2. The number of benzene rings is 2. The number of hydrazine groups is 1. The van der Waals surface area contributed by atoms with E-state index in [1.165, 1.54) is 9.58 Å². The molecule has 5 saturated heterocycles. The van der Waals surface area contributed by atoms with Gasteiger partial charge in [-0.3, -0.25) is 34.2 Å². The number of nitrogens with one attached hydrogen (secondary N) is 3. The highest BCUT2D eigenvalue weighted by molar-refractivity contribution is 5.96. The number of hydrogen-bond donors (Lipinski definition) is 3. The highest BCUT2D eigenvalue weighted by atomic mass is 19.4. The topological polar surface area (TPSA) is 146 Å². The van der Waals surface area contributed by atoms with Crippen LogP contribution in [0.1, 0.15) is 95.1 Å². The minimum Gasteiger partial charge on any atom is -0.464 e. The minimum atomic E-state index is -4.59. The molecule has 0 unspecified atom stereocenters. The first-order valence-corrected chi connectivity index (χ1v) is 27.9. The second-order valence-corrected chi connectivity index (χ2v) is 23.8. The summed E-state index contributed by atoms with van der Waals surface area (Å²) in [5.74, 6) is -0.794. The number of likely N-dealkylation sites (tertiary alicyclic amines) is 1. The summed E-state index contributed by atoms with van der Waals surface area (Å²) in [5, 5.41) is 8.99. The number of esters is 1. The molecule has 7 aliphatic rings. The first-order chi connectivity index (χ1) is 36.5. The molecule has 1 saturated carbocycles. The fraction of sp³-hybridized carbons (Fsp3) is 0.621. The van der Waals surface area contributed by atoms with Crippen LogP contribution in [-0.4, -0.2) is 158 Å². The number of carbonyl (C=O) groups excluding carboxylic acids is 3. The van der Waals surface area contributed by atoms with E-state index in [1.54, 1.807) is 13.2 Å². The maximum Gasteiger partial charge on any atom is 0.406 e. The van der Waals surface area contributed by atoms with Crippen molar-refractivity contribution in [2.75, 3.05) is 90.7 Å². The van der Waals surface area contributed by atoms with E-state index < -0.39 is 42.3 Å². The van der Waals surface area contributed by atoms with Gasteiger partial charge in [0.15, 0.2) is 0 Å². The van der Waals surface area contributed by atoms with Crippen molar-refractivity contribution < 1.29 is 41.8 Å². The summed E-state index contributed by atoms with van der Waals surface area (Å²) >= 11 is 0. The summed E-state index contributed by atoms with van der Waals surface area (Å²) in [6.45, 7) is 12.8. The predicted octanol–water partition coefficient (Wildman–Crippen LogP) is 7.05. The molecule has 15 nitrogen and oxygen atoms in total. The number of ether oxygens (including phenoxy) is 3. The van der Waals surface area contributed by atoms with E-state index in [9.17, 15) is 14.4 Å². The van der Waals surface area contributed by atoms with Crippen LogP contribution in [0.5, 0.6) is 0 Å². The Kier molecular flexibility index (Phi) is 15.0. The van der Waals surface area contributed by atoms with Crippen LogP contribution in [0.15, 0.2) is 54.7 Å². The van der Waals surface area contributed by atoms with Gasteiger partial charge in [0.25, 0.3) is 5.91 Å². The molecule has 18 heteroatoms. The molecule has 2 aromatic heterocycles. The quantitative estimate of drug-likeness (QED) is 0.148. The Hall–Kier alpha value is -5.11. The molecular weight excluding hydrogens is 976 g/mol. The van der Waals surface area contributed by atoms with E-state index in [2.05, 4.69) is 30.8 Å². The number of methoxy groups -OCH3 is 1. The summed E-state index contributed by atoms with van der Waals surface area (Å²) in [7, 11) is 1.58. The van der Waals surface area contributed by atoms with Gasteiger partial charge in [-0.1, -0.05) is 57.0 Å². The Bertz CT molecular complexity index is 2790. The molecule has 0 radical (unpaired) electrons. The van der Waals surface area contributed by atoms with Crippen LogP contribution in [0.4, 0.5) is 18.9 Å². The van der Waals surface area contributed by atoms with Crippen molar-refractivity contribution in [1.82, 2.24) is 40.4 Å². The van der Waals surface area contributed by atoms with Crippen molar-refractivity contribution in [3.05, 3.63) is 71.5 Å². The van der Waals surface area contributed by atoms with Gasteiger partial charge >= 0.3 is 12.1 Å². The van der Waals surface area contributed by atoms with Gasteiger partial charge < -0.3 is 34.3 Å². The number of alkyl halides is 3. The lowest BCUT2D eigenvalue weighted by molar-refractivity contribution is -0.155. The molecule has 1 aliphatic carbocycles. The zero-order chi connectivity index (χ0) is 52.9. The van der Waals surface area contributed by atoms with Crippen LogP contribution in [-0.2, 0) is 48.0 Å². The first-order valence-electron chi connectivity index (χ1n) is 27.9. The molecule has 76 heavy (non-hydrogen) atoms. The molecule has 3 N–H and O–H groups in total. The number of anilines is 1. The van der Waals surface area contributed by atoms with Crippen molar-refractivity contribution in [3.63, 3.8) is 0 Å². The van der Waals surface area contributed by atoms with Crippen molar-refractivity contribution in [1.29, 1.82) is 0 Å². The number of pyridine rings is 1. The first kappa shape index (κ1) is 52.9. The van der Waals surface area contributed by atoms with Crippen molar-refractivity contribution in [3.8, 4) is 22.4 Å². The van der Waals surface area contributed by atoms with Crippen LogP contribution in [0.2, 0.25) is 0 Å². The molecule has 6 aliphatic heterocycles. The van der Waals surface area contributed by atoms with Crippen molar-refractivity contribution in [2.45, 2.75) is 128 Å². The summed E-state index contributed by atoms with van der Waals surface area (Å²) in [4.78, 5) is 56.3. The van der Waals surface area contributed by atoms with Gasteiger partial charge in [-0.15, -0.1) is 0 Å². The van der Waals surface area contributed by atoms with Crippen molar-refractivity contribution >= 4 is 34.4 Å². The zero-order valence-electron chi connectivity index (χ0n) is 44.7. The normalized spacial score (nSPS) is 26.9. The number of carbonyl (C=O) groups is 3. The number of morpholine rings is 1. The average Bonchev–Trinajstić information content (AvgIpc) is 4.26. The van der Waals surface area contributed by atoms with Gasteiger partial charge in [0, 0.05) is 81.2 Å². The standard InChI is InChI=1S/C58H76F3N9O6/c1-37(74-4)50-45(28-42(30-63-50)67-22-21-66-23-24-75-32-43(66)31-67)52-46-29-56(2,3)36-76-55(73)47-13-8-19-70(65-47)54(72)48(64-53(71)51(39-10-5-6-11-39)68-20-17-57(34-68)16-18-62-33-57)26-38-9-7-12-40(25-38)41-14-15-49(44(46)27-41)69(52)35-58(59,60)61/h7,9,12,14-15,25,27-28,30,37,39,43,47-48,51,62,65H,5-6,8,10-11,13,16-24,26,29,31-36H2,1-4H3,(H,64,71)/t37-,43-,47-,48-,51-,57-/m0/s1. The third-order valence-corrected chi connectivity index (χ3v) is 17.8. The second kappa shape index (κ2) is 21.6. The Morgan fingerprint density at radius 1 is 0.987 bits per heavy atom. The number of rotatable bonds is 9. The van der Waals surface area contributed by atoms with Gasteiger partial charge in [-0.05, 0) is 117 Å². The third kappa shape index (κ3) is 11.0. The number of hydrogen-bond acceptors (Lipinski definition) is 12. The van der Waals surface area contributed by atoms with Crippen LogP contribution >= 0.6 is 0 Å². The van der Waals surface area contributed by atoms with E-state index in [0.29, 0.717) is 72.6 Å². The summed E-state index contributed by atoms with van der Waals surface area (Å²) < 4.78 is 65.0. The highest BCUT2D eigenvalue weighted by Gasteiger charge is 2.47.